The molecule has 2 rings (SSSR count). The average Bonchev–Trinajstić information content (AvgIpc) is 2.85. The van der Waals surface area contributed by atoms with E-state index < -0.39 is 0 Å². The Hall–Kier alpha value is -1.81. The molecule has 0 amide bonds. The van der Waals surface area contributed by atoms with E-state index in [0.717, 1.165) is 17.1 Å². The topological polar surface area (TPSA) is 47.3 Å². The highest BCUT2D eigenvalue weighted by Gasteiger charge is 2.07. The van der Waals surface area contributed by atoms with Gasteiger partial charge in [-0.1, -0.05) is 26.0 Å². The molecule has 0 aliphatic heterocycles. The number of hydrogen-bond donors (Lipinski definition) is 1. The molecule has 96 valence electrons. The van der Waals surface area contributed by atoms with Crippen LogP contribution in [0.1, 0.15) is 19.7 Å². The first-order valence-corrected chi connectivity index (χ1v) is 6.01. The second kappa shape index (κ2) is 5.69. The first kappa shape index (κ1) is 12.6. The molecule has 0 aliphatic rings. The molecule has 1 heterocycles. The smallest absolute Gasteiger partial charge is 0.208 e. The molecule has 18 heavy (non-hydrogen) atoms. The number of oxazole rings is 1. The van der Waals surface area contributed by atoms with Gasteiger partial charge in [0, 0.05) is 11.6 Å². The van der Waals surface area contributed by atoms with Crippen LogP contribution in [0.15, 0.2) is 34.9 Å². The van der Waals surface area contributed by atoms with E-state index in [1.807, 2.05) is 24.3 Å². The van der Waals surface area contributed by atoms with Crippen LogP contribution in [0.2, 0.25) is 0 Å². The number of methoxy groups -OCH3 is 1. The van der Waals surface area contributed by atoms with E-state index in [2.05, 4.69) is 24.1 Å². The fraction of sp³-hybridized carbons (Fsp3) is 0.357. The summed E-state index contributed by atoms with van der Waals surface area (Å²) < 4.78 is 10.9. The van der Waals surface area contributed by atoms with Gasteiger partial charge in [0.1, 0.15) is 5.75 Å². The van der Waals surface area contributed by atoms with E-state index in [1.165, 1.54) is 0 Å². The maximum atomic E-state index is 5.69. The number of aromatic nitrogens is 1. The van der Waals surface area contributed by atoms with Crippen molar-refractivity contribution < 1.29 is 9.15 Å². The molecule has 4 heteroatoms. The van der Waals surface area contributed by atoms with Crippen LogP contribution >= 0.6 is 0 Å². The van der Waals surface area contributed by atoms with Crippen LogP contribution in [0.3, 0.4) is 0 Å². The van der Waals surface area contributed by atoms with Crippen LogP contribution in [0.5, 0.6) is 5.75 Å². The highest BCUT2D eigenvalue weighted by atomic mass is 16.5. The zero-order chi connectivity index (χ0) is 13.0. The molecule has 0 saturated heterocycles. The number of ether oxygens (including phenoxy) is 1. The van der Waals surface area contributed by atoms with Gasteiger partial charge in [-0.3, -0.25) is 0 Å². The molecule has 0 spiro atoms. The minimum Gasteiger partial charge on any atom is -0.497 e. The molecule has 0 unspecified atom stereocenters. The molecule has 0 fully saturated rings. The molecule has 0 radical (unpaired) electrons. The number of benzene rings is 1. The molecule has 0 aliphatic carbocycles. The summed E-state index contributed by atoms with van der Waals surface area (Å²) >= 11 is 0. The van der Waals surface area contributed by atoms with Gasteiger partial charge in [-0.15, -0.1) is 0 Å². The van der Waals surface area contributed by atoms with Crippen molar-refractivity contribution in [2.75, 3.05) is 7.11 Å². The standard InChI is InChI=1S/C14H18N2O2/c1-10(2)15-9-14-16-8-13(18-14)11-5-4-6-12(7-11)17-3/h4-8,10,15H,9H2,1-3H3. The SMILES string of the molecule is COc1cccc(-c2cnc(CNC(C)C)o2)c1. The van der Waals surface area contributed by atoms with Crippen LogP contribution in [0.4, 0.5) is 0 Å². The largest absolute Gasteiger partial charge is 0.497 e. The summed E-state index contributed by atoms with van der Waals surface area (Å²) in [6.07, 6.45) is 1.74. The van der Waals surface area contributed by atoms with Crippen molar-refractivity contribution in [3.05, 3.63) is 36.4 Å². The fourth-order valence-electron chi connectivity index (χ4n) is 1.59. The lowest BCUT2D eigenvalue weighted by Gasteiger charge is -2.04. The van der Waals surface area contributed by atoms with E-state index in [0.29, 0.717) is 18.5 Å². The second-order valence-corrected chi connectivity index (χ2v) is 4.39. The molecule has 0 atom stereocenters. The van der Waals surface area contributed by atoms with E-state index in [-0.39, 0.29) is 0 Å². The quantitative estimate of drug-likeness (QED) is 0.881. The zero-order valence-corrected chi connectivity index (χ0v) is 10.9. The Morgan fingerprint density at radius 2 is 2.22 bits per heavy atom. The molecule has 1 N–H and O–H groups in total. The predicted molar refractivity (Wildman–Crippen MR) is 70.5 cm³/mol. The van der Waals surface area contributed by atoms with Crippen LogP contribution in [0, 0.1) is 0 Å². The van der Waals surface area contributed by atoms with Crippen molar-refractivity contribution in [3.63, 3.8) is 0 Å². The predicted octanol–water partition coefficient (Wildman–Crippen LogP) is 2.85. The summed E-state index contributed by atoms with van der Waals surface area (Å²) in [5.74, 6) is 2.27. The van der Waals surface area contributed by atoms with Crippen LogP contribution in [0.25, 0.3) is 11.3 Å². The number of nitrogens with zero attached hydrogens (tertiary/aromatic N) is 1. The van der Waals surface area contributed by atoms with Gasteiger partial charge in [0.25, 0.3) is 0 Å². The Morgan fingerprint density at radius 1 is 1.39 bits per heavy atom. The first-order valence-electron chi connectivity index (χ1n) is 6.01. The highest BCUT2D eigenvalue weighted by molar-refractivity contribution is 5.58. The third kappa shape index (κ3) is 3.11. The van der Waals surface area contributed by atoms with Crippen molar-refractivity contribution in [1.29, 1.82) is 0 Å². The third-order valence-electron chi connectivity index (χ3n) is 2.57. The molecular formula is C14H18N2O2. The Kier molecular flexibility index (Phi) is 3.99. The van der Waals surface area contributed by atoms with E-state index in [1.54, 1.807) is 13.3 Å². The van der Waals surface area contributed by atoms with Crippen molar-refractivity contribution >= 4 is 0 Å². The molecule has 0 bridgehead atoms. The van der Waals surface area contributed by atoms with Gasteiger partial charge in [0.15, 0.2) is 5.76 Å². The molecule has 2 aromatic rings. The Labute approximate surface area is 107 Å². The van der Waals surface area contributed by atoms with Crippen LogP contribution in [-0.4, -0.2) is 18.1 Å². The summed E-state index contributed by atoms with van der Waals surface area (Å²) in [4.78, 5) is 4.25. The van der Waals surface area contributed by atoms with Crippen LogP contribution in [-0.2, 0) is 6.54 Å². The number of nitrogens with one attached hydrogen (secondary N) is 1. The second-order valence-electron chi connectivity index (χ2n) is 4.39. The Morgan fingerprint density at radius 3 is 2.94 bits per heavy atom. The maximum absolute atomic E-state index is 5.69. The third-order valence-corrected chi connectivity index (χ3v) is 2.57. The lowest BCUT2D eigenvalue weighted by Crippen LogP contribution is -2.21. The summed E-state index contributed by atoms with van der Waals surface area (Å²) in [7, 11) is 1.65. The fourth-order valence-corrected chi connectivity index (χ4v) is 1.59. The van der Waals surface area contributed by atoms with Crippen molar-refractivity contribution in [1.82, 2.24) is 10.3 Å². The monoisotopic (exact) mass is 246 g/mol. The summed E-state index contributed by atoms with van der Waals surface area (Å²) in [6, 6.07) is 8.16. The van der Waals surface area contributed by atoms with Gasteiger partial charge in [-0.2, -0.15) is 0 Å². The minimum atomic E-state index is 0.414. The molecular weight excluding hydrogens is 228 g/mol. The molecule has 1 aromatic heterocycles. The van der Waals surface area contributed by atoms with E-state index in [9.17, 15) is 0 Å². The summed E-state index contributed by atoms with van der Waals surface area (Å²) in [5, 5.41) is 3.27. The Bertz CT molecular complexity index is 506. The van der Waals surface area contributed by atoms with Gasteiger partial charge in [-0.05, 0) is 12.1 Å². The lowest BCUT2D eigenvalue weighted by atomic mass is 10.2. The van der Waals surface area contributed by atoms with Crippen molar-refractivity contribution in [2.24, 2.45) is 0 Å². The Balaban J connectivity index is 2.13. The van der Waals surface area contributed by atoms with Gasteiger partial charge in [0.2, 0.25) is 5.89 Å². The van der Waals surface area contributed by atoms with Gasteiger partial charge < -0.3 is 14.5 Å². The van der Waals surface area contributed by atoms with E-state index >= 15 is 0 Å². The molecule has 0 saturated carbocycles. The van der Waals surface area contributed by atoms with Crippen LogP contribution < -0.4 is 10.1 Å². The van der Waals surface area contributed by atoms with Crippen molar-refractivity contribution in [2.45, 2.75) is 26.4 Å². The minimum absolute atomic E-state index is 0.414. The zero-order valence-electron chi connectivity index (χ0n) is 10.9. The normalized spacial score (nSPS) is 10.9. The maximum Gasteiger partial charge on any atom is 0.208 e. The number of rotatable bonds is 5. The average molecular weight is 246 g/mol. The van der Waals surface area contributed by atoms with E-state index in [4.69, 9.17) is 9.15 Å². The molecule has 1 aromatic carbocycles. The summed E-state index contributed by atoms with van der Waals surface area (Å²) in [6.45, 7) is 4.82. The van der Waals surface area contributed by atoms with Gasteiger partial charge in [-0.25, -0.2) is 4.98 Å². The summed E-state index contributed by atoms with van der Waals surface area (Å²) in [5.41, 5.74) is 0.970. The highest BCUT2D eigenvalue weighted by Crippen LogP contribution is 2.24. The lowest BCUT2D eigenvalue weighted by molar-refractivity contribution is 0.414. The van der Waals surface area contributed by atoms with Gasteiger partial charge in [0.05, 0.1) is 19.9 Å². The first-order chi connectivity index (χ1) is 8.69. The number of hydrogen-bond acceptors (Lipinski definition) is 4. The molecule has 4 nitrogen and oxygen atoms in total. The van der Waals surface area contributed by atoms with Crippen molar-refractivity contribution in [3.8, 4) is 17.1 Å². The van der Waals surface area contributed by atoms with Gasteiger partial charge >= 0.3 is 0 Å².